The first-order valence-corrected chi connectivity index (χ1v) is 9.08. The van der Waals surface area contributed by atoms with Gasteiger partial charge in [-0.2, -0.15) is 0 Å². The van der Waals surface area contributed by atoms with Gasteiger partial charge >= 0.3 is 5.97 Å². The minimum absolute atomic E-state index is 0.206. The summed E-state index contributed by atoms with van der Waals surface area (Å²) in [5, 5.41) is 5.67. The van der Waals surface area contributed by atoms with Crippen molar-refractivity contribution >= 4 is 44.9 Å². The van der Waals surface area contributed by atoms with Crippen LogP contribution >= 0.6 is 27.3 Å². The lowest BCUT2D eigenvalue weighted by Gasteiger charge is -2.00. The molecule has 0 fully saturated rings. The van der Waals surface area contributed by atoms with Crippen molar-refractivity contribution < 1.29 is 14.4 Å². The Morgan fingerprint density at radius 1 is 1.08 bits per heavy atom. The van der Waals surface area contributed by atoms with E-state index in [4.69, 9.17) is 10.6 Å². The first kappa shape index (κ1) is 18.0. The highest BCUT2D eigenvalue weighted by molar-refractivity contribution is 9.10. The zero-order valence-corrected chi connectivity index (χ0v) is 15.7. The van der Waals surface area contributed by atoms with Gasteiger partial charge in [0, 0.05) is 15.4 Å². The van der Waals surface area contributed by atoms with E-state index in [1.807, 2.05) is 24.3 Å². The van der Waals surface area contributed by atoms with Crippen molar-refractivity contribution in [2.75, 3.05) is 0 Å². The highest BCUT2D eigenvalue weighted by Gasteiger charge is 2.18. The molecule has 0 saturated heterocycles. The molecule has 130 valence electrons. The number of carbonyl (C=O) groups is 2. The van der Waals surface area contributed by atoms with E-state index in [-0.39, 0.29) is 10.7 Å². The van der Waals surface area contributed by atoms with Gasteiger partial charge in [0.1, 0.15) is 0 Å². The van der Waals surface area contributed by atoms with E-state index in [1.165, 1.54) is 11.3 Å². The second-order valence-corrected chi connectivity index (χ2v) is 6.87. The van der Waals surface area contributed by atoms with Crippen LogP contribution in [0.1, 0.15) is 15.4 Å². The minimum Gasteiger partial charge on any atom is -0.364 e. The van der Waals surface area contributed by atoms with Gasteiger partial charge in [0.2, 0.25) is 5.71 Å². The van der Waals surface area contributed by atoms with Crippen LogP contribution < -0.4 is 5.73 Å². The molecule has 8 heteroatoms. The van der Waals surface area contributed by atoms with Crippen LogP contribution in [0, 0.1) is 0 Å². The quantitative estimate of drug-likeness (QED) is 0.380. The average Bonchev–Trinajstić information content (AvgIpc) is 3.12. The summed E-state index contributed by atoms with van der Waals surface area (Å²) >= 11 is 4.56. The maximum atomic E-state index is 12.0. The van der Waals surface area contributed by atoms with E-state index in [1.54, 1.807) is 35.7 Å². The van der Waals surface area contributed by atoms with Crippen LogP contribution in [-0.4, -0.2) is 22.6 Å². The van der Waals surface area contributed by atoms with Gasteiger partial charge in [0.25, 0.3) is 5.91 Å². The number of benzene rings is 2. The van der Waals surface area contributed by atoms with Gasteiger partial charge in [-0.05, 0) is 24.3 Å². The van der Waals surface area contributed by atoms with Crippen molar-refractivity contribution in [2.45, 2.75) is 0 Å². The summed E-state index contributed by atoms with van der Waals surface area (Å²) in [5.41, 5.74) is 7.01. The summed E-state index contributed by atoms with van der Waals surface area (Å²) in [6.45, 7) is 0. The highest BCUT2D eigenvalue weighted by atomic mass is 79.9. The maximum absolute atomic E-state index is 12.0. The molecule has 0 saturated carbocycles. The van der Waals surface area contributed by atoms with Crippen LogP contribution in [0.3, 0.4) is 0 Å². The lowest BCUT2D eigenvalue weighted by molar-refractivity contribution is -0.112. The third kappa shape index (κ3) is 4.22. The zero-order chi connectivity index (χ0) is 18.5. The van der Waals surface area contributed by atoms with Crippen LogP contribution in [0.4, 0.5) is 0 Å². The molecule has 2 N–H and O–H groups in total. The number of primary amides is 1. The summed E-state index contributed by atoms with van der Waals surface area (Å²) in [5.74, 6) is -1.52. The molecular weight excluding hydrogens is 418 g/mol. The zero-order valence-electron chi connectivity index (χ0n) is 13.3. The van der Waals surface area contributed by atoms with Crippen molar-refractivity contribution in [2.24, 2.45) is 10.9 Å². The lowest BCUT2D eigenvalue weighted by atomic mass is 10.2. The first-order chi connectivity index (χ1) is 12.5. The molecule has 3 aromatic rings. The molecule has 1 heterocycles. The summed E-state index contributed by atoms with van der Waals surface area (Å²) in [6.07, 6.45) is 0. The maximum Gasteiger partial charge on any atom is 0.365 e. The number of amides is 1. The Morgan fingerprint density at radius 3 is 2.42 bits per heavy atom. The number of hydrogen-bond donors (Lipinski definition) is 1. The molecule has 0 unspecified atom stereocenters. The number of thiazole rings is 1. The normalized spacial score (nSPS) is 11.2. The highest BCUT2D eigenvalue weighted by Crippen LogP contribution is 2.24. The molecule has 1 aromatic heterocycles. The van der Waals surface area contributed by atoms with Crippen LogP contribution in [0.5, 0.6) is 0 Å². The van der Waals surface area contributed by atoms with Crippen molar-refractivity contribution in [3.63, 3.8) is 0 Å². The van der Waals surface area contributed by atoms with Crippen LogP contribution in [0.25, 0.3) is 11.3 Å². The van der Waals surface area contributed by atoms with E-state index in [9.17, 15) is 9.59 Å². The Balaban J connectivity index is 1.83. The SMILES string of the molecule is NC(=O)C(=NOC(=O)c1ccccc1)c1nc(-c2ccc(Br)cc2)cs1. The van der Waals surface area contributed by atoms with Crippen LogP contribution in [0.15, 0.2) is 69.6 Å². The number of nitrogens with two attached hydrogens (primary N) is 1. The molecule has 3 rings (SSSR count). The Bertz CT molecular complexity index is 969. The molecule has 0 aliphatic heterocycles. The summed E-state index contributed by atoms with van der Waals surface area (Å²) in [4.78, 5) is 32.9. The molecule has 26 heavy (non-hydrogen) atoms. The minimum atomic E-state index is -0.831. The average molecular weight is 430 g/mol. The van der Waals surface area contributed by atoms with Gasteiger partial charge in [0.15, 0.2) is 5.01 Å². The smallest absolute Gasteiger partial charge is 0.364 e. The van der Waals surface area contributed by atoms with Crippen molar-refractivity contribution in [1.82, 2.24) is 4.98 Å². The number of rotatable bonds is 5. The molecule has 0 aliphatic carbocycles. The van der Waals surface area contributed by atoms with Gasteiger partial charge in [-0.3, -0.25) is 4.79 Å². The number of hydrogen-bond acceptors (Lipinski definition) is 6. The second kappa shape index (κ2) is 8.03. The summed E-state index contributed by atoms with van der Waals surface area (Å²) < 4.78 is 0.948. The standard InChI is InChI=1S/C18H12BrN3O3S/c19-13-8-6-11(7-9-13)14-10-26-17(21-14)15(16(20)23)22-25-18(24)12-4-2-1-3-5-12/h1-10H,(H2,20,23). The first-order valence-electron chi connectivity index (χ1n) is 7.40. The van der Waals surface area contributed by atoms with E-state index >= 15 is 0 Å². The molecule has 1 amide bonds. The third-order valence-electron chi connectivity index (χ3n) is 3.31. The fourth-order valence-corrected chi connectivity index (χ4v) is 3.12. The van der Waals surface area contributed by atoms with Gasteiger partial charge in [-0.1, -0.05) is 51.4 Å². The summed E-state index contributed by atoms with van der Waals surface area (Å²) in [7, 11) is 0. The molecule has 6 nitrogen and oxygen atoms in total. The Kier molecular flexibility index (Phi) is 5.55. The van der Waals surface area contributed by atoms with Crippen molar-refractivity contribution in [3.05, 3.63) is 75.0 Å². The monoisotopic (exact) mass is 429 g/mol. The van der Waals surface area contributed by atoms with Crippen molar-refractivity contribution in [3.8, 4) is 11.3 Å². The van der Waals surface area contributed by atoms with Crippen LogP contribution in [-0.2, 0) is 9.63 Å². The number of halogens is 1. The largest absolute Gasteiger partial charge is 0.365 e. The molecule has 0 spiro atoms. The predicted molar refractivity (Wildman–Crippen MR) is 103 cm³/mol. The Morgan fingerprint density at radius 2 is 1.77 bits per heavy atom. The number of aromatic nitrogens is 1. The fraction of sp³-hybridized carbons (Fsp3) is 0. The molecule has 0 radical (unpaired) electrons. The van der Waals surface area contributed by atoms with Gasteiger partial charge in [-0.25, -0.2) is 9.78 Å². The molecule has 0 aliphatic rings. The molecule has 2 aromatic carbocycles. The Labute approximate surface area is 161 Å². The third-order valence-corrected chi connectivity index (χ3v) is 4.69. The topological polar surface area (TPSA) is 94.6 Å². The number of carbonyl (C=O) groups excluding carboxylic acids is 2. The second-order valence-electron chi connectivity index (χ2n) is 5.09. The van der Waals surface area contributed by atoms with Gasteiger partial charge < -0.3 is 10.6 Å². The van der Waals surface area contributed by atoms with E-state index in [0.717, 1.165) is 10.0 Å². The molecule has 0 bridgehead atoms. The van der Waals surface area contributed by atoms with E-state index < -0.39 is 11.9 Å². The van der Waals surface area contributed by atoms with Gasteiger partial charge in [0.05, 0.1) is 11.3 Å². The molecule has 0 atom stereocenters. The van der Waals surface area contributed by atoms with Gasteiger partial charge in [-0.15, -0.1) is 11.3 Å². The van der Waals surface area contributed by atoms with Crippen LogP contribution in [0.2, 0.25) is 0 Å². The Hall–Kier alpha value is -2.84. The van der Waals surface area contributed by atoms with E-state index in [2.05, 4.69) is 26.1 Å². The summed E-state index contributed by atoms with van der Waals surface area (Å²) in [6, 6.07) is 15.9. The lowest BCUT2D eigenvalue weighted by Crippen LogP contribution is -2.25. The fourth-order valence-electron chi connectivity index (χ4n) is 2.04. The van der Waals surface area contributed by atoms with Crippen molar-refractivity contribution in [1.29, 1.82) is 0 Å². The number of oxime groups is 1. The van der Waals surface area contributed by atoms with E-state index in [0.29, 0.717) is 11.3 Å². The predicted octanol–water partition coefficient (Wildman–Crippen LogP) is 3.62. The number of nitrogens with zero attached hydrogens (tertiary/aromatic N) is 2. The molecular formula is C18H12BrN3O3S.